The molecule has 100 valence electrons. The van der Waals surface area contributed by atoms with Crippen molar-refractivity contribution in [2.45, 2.75) is 6.92 Å². The van der Waals surface area contributed by atoms with Gasteiger partial charge in [0.05, 0.1) is 4.88 Å². The fourth-order valence-corrected chi connectivity index (χ4v) is 3.87. The van der Waals surface area contributed by atoms with Crippen molar-refractivity contribution in [2.24, 2.45) is 0 Å². The minimum atomic E-state index is 0.149. The Kier molecular flexibility index (Phi) is 3.48. The first-order chi connectivity index (χ1) is 9.16. The number of nitrogens with zero attached hydrogens (tertiary/aromatic N) is 1. The molecule has 0 spiro atoms. The fraction of sp³-hybridized carbons (Fsp3) is 0.357. The van der Waals surface area contributed by atoms with Crippen molar-refractivity contribution in [3.05, 3.63) is 33.7 Å². The fourth-order valence-electron chi connectivity index (χ4n) is 2.41. The van der Waals surface area contributed by atoms with Crippen LogP contribution in [0.15, 0.2) is 18.2 Å². The Balaban J connectivity index is 2.00. The zero-order valence-electron chi connectivity index (χ0n) is 10.7. The summed E-state index contributed by atoms with van der Waals surface area (Å²) >= 11 is 7.56. The molecule has 5 heteroatoms. The first kappa shape index (κ1) is 12.9. The van der Waals surface area contributed by atoms with E-state index in [2.05, 4.69) is 5.32 Å². The quantitative estimate of drug-likeness (QED) is 0.877. The normalized spacial score (nSPS) is 16.0. The molecule has 1 aromatic heterocycles. The summed E-state index contributed by atoms with van der Waals surface area (Å²) in [5.41, 5.74) is 1.07. The minimum Gasteiger partial charge on any atom is -0.335 e. The van der Waals surface area contributed by atoms with Gasteiger partial charge in [0.15, 0.2) is 0 Å². The highest BCUT2D eigenvalue weighted by molar-refractivity contribution is 7.21. The van der Waals surface area contributed by atoms with Gasteiger partial charge in [-0.25, -0.2) is 0 Å². The van der Waals surface area contributed by atoms with Crippen molar-refractivity contribution in [3.63, 3.8) is 0 Å². The highest BCUT2D eigenvalue weighted by Crippen LogP contribution is 2.33. The molecule has 19 heavy (non-hydrogen) atoms. The molecule has 1 aromatic carbocycles. The molecule has 3 rings (SSSR count). The maximum atomic E-state index is 12.6. The van der Waals surface area contributed by atoms with Crippen LogP contribution in [0.1, 0.15) is 15.2 Å². The Labute approximate surface area is 121 Å². The first-order valence-corrected chi connectivity index (χ1v) is 7.55. The van der Waals surface area contributed by atoms with Gasteiger partial charge < -0.3 is 10.2 Å². The average molecular weight is 295 g/mol. The van der Waals surface area contributed by atoms with E-state index in [-0.39, 0.29) is 5.91 Å². The summed E-state index contributed by atoms with van der Waals surface area (Å²) in [6, 6.07) is 5.81. The van der Waals surface area contributed by atoms with Gasteiger partial charge in [-0.15, -0.1) is 11.3 Å². The molecular weight excluding hydrogens is 280 g/mol. The van der Waals surface area contributed by atoms with Crippen LogP contribution in [0.3, 0.4) is 0 Å². The Hall–Kier alpha value is -1.10. The van der Waals surface area contributed by atoms with Crippen molar-refractivity contribution in [1.29, 1.82) is 0 Å². The largest absolute Gasteiger partial charge is 0.335 e. The molecule has 3 nitrogen and oxygen atoms in total. The van der Waals surface area contributed by atoms with Crippen LogP contribution in [0.25, 0.3) is 10.1 Å². The van der Waals surface area contributed by atoms with E-state index in [0.717, 1.165) is 51.7 Å². The van der Waals surface area contributed by atoms with Crippen molar-refractivity contribution in [2.75, 3.05) is 26.2 Å². The summed E-state index contributed by atoms with van der Waals surface area (Å²) in [6.45, 7) is 5.34. The van der Waals surface area contributed by atoms with Crippen LogP contribution < -0.4 is 5.32 Å². The van der Waals surface area contributed by atoms with Crippen LogP contribution in [0.5, 0.6) is 0 Å². The standard InChI is InChI=1S/C14H15ClN2OS/c1-9-11-3-2-10(15)8-12(11)19-13(9)14(18)17-6-4-16-5-7-17/h2-3,8,16H,4-7H2,1H3. The zero-order valence-corrected chi connectivity index (χ0v) is 12.3. The predicted molar refractivity (Wildman–Crippen MR) is 80.3 cm³/mol. The van der Waals surface area contributed by atoms with E-state index in [1.54, 1.807) is 11.3 Å². The molecule has 0 aliphatic carbocycles. The molecule has 1 saturated heterocycles. The van der Waals surface area contributed by atoms with Crippen LogP contribution in [-0.4, -0.2) is 37.0 Å². The third-order valence-electron chi connectivity index (χ3n) is 3.50. The van der Waals surface area contributed by atoms with E-state index in [1.807, 2.05) is 30.0 Å². The molecule has 0 radical (unpaired) electrons. The van der Waals surface area contributed by atoms with E-state index in [1.165, 1.54) is 0 Å². The molecule has 0 atom stereocenters. The second kappa shape index (κ2) is 5.12. The minimum absolute atomic E-state index is 0.149. The van der Waals surface area contributed by atoms with Gasteiger partial charge in [0.1, 0.15) is 0 Å². The number of hydrogen-bond donors (Lipinski definition) is 1. The zero-order chi connectivity index (χ0) is 13.4. The molecule has 2 aromatic rings. The van der Waals surface area contributed by atoms with E-state index in [9.17, 15) is 4.79 Å². The number of fused-ring (bicyclic) bond motifs is 1. The second-order valence-corrected chi connectivity index (χ2v) is 6.23. The van der Waals surface area contributed by atoms with Crippen LogP contribution >= 0.6 is 22.9 Å². The number of benzene rings is 1. The second-order valence-electron chi connectivity index (χ2n) is 4.74. The summed E-state index contributed by atoms with van der Waals surface area (Å²) in [5, 5.41) is 5.11. The van der Waals surface area contributed by atoms with Crippen LogP contribution in [-0.2, 0) is 0 Å². The highest BCUT2D eigenvalue weighted by Gasteiger charge is 2.22. The lowest BCUT2D eigenvalue weighted by atomic mass is 10.1. The number of nitrogens with one attached hydrogen (secondary N) is 1. The number of piperazine rings is 1. The Bertz CT molecular complexity index is 632. The van der Waals surface area contributed by atoms with Gasteiger partial charge in [-0.05, 0) is 30.0 Å². The van der Waals surface area contributed by atoms with Crippen LogP contribution in [0.2, 0.25) is 5.02 Å². The lowest BCUT2D eigenvalue weighted by Gasteiger charge is -2.27. The Morgan fingerprint density at radius 2 is 2.11 bits per heavy atom. The third-order valence-corrected chi connectivity index (χ3v) is 4.98. The molecule has 0 saturated carbocycles. The monoisotopic (exact) mass is 294 g/mol. The Morgan fingerprint density at radius 1 is 1.37 bits per heavy atom. The van der Waals surface area contributed by atoms with Gasteiger partial charge in [-0.3, -0.25) is 4.79 Å². The van der Waals surface area contributed by atoms with Crippen LogP contribution in [0, 0.1) is 6.92 Å². The van der Waals surface area contributed by atoms with Gasteiger partial charge in [-0.1, -0.05) is 17.7 Å². The Morgan fingerprint density at radius 3 is 2.84 bits per heavy atom. The third kappa shape index (κ3) is 2.36. The number of amides is 1. The lowest BCUT2D eigenvalue weighted by Crippen LogP contribution is -2.46. The summed E-state index contributed by atoms with van der Waals surface area (Å²) in [5.74, 6) is 0.149. The van der Waals surface area contributed by atoms with Gasteiger partial charge in [0.2, 0.25) is 0 Å². The first-order valence-electron chi connectivity index (χ1n) is 6.35. The molecule has 1 fully saturated rings. The van der Waals surface area contributed by atoms with E-state index in [0.29, 0.717) is 0 Å². The SMILES string of the molecule is Cc1c(C(=O)N2CCNCC2)sc2cc(Cl)ccc12. The summed E-state index contributed by atoms with van der Waals surface area (Å²) in [7, 11) is 0. The molecule has 0 bridgehead atoms. The maximum Gasteiger partial charge on any atom is 0.264 e. The number of hydrogen-bond acceptors (Lipinski definition) is 3. The summed E-state index contributed by atoms with van der Waals surface area (Å²) < 4.78 is 1.09. The number of halogens is 1. The summed E-state index contributed by atoms with van der Waals surface area (Å²) in [6.07, 6.45) is 0. The molecule has 0 unspecified atom stereocenters. The highest BCUT2D eigenvalue weighted by atomic mass is 35.5. The smallest absolute Gasteiger partial charge is 0.264 e. The molecule has 2 heterocycles. The summed E-state index contributed by atoms with van der Waals surface area (Å²) in [4.78, 5) is 15.3. The number of aryl methyl sites for hydroxylation is 1. The van der Waals surface area contributed by atoms with Crippen molar-refractivity contribution < 1.29 is 4.79 Å². The molecular formula is C14H15ClN2OS. The molecule has 1 amide bonds. The van der Waals surface area contributed by atoms with E-state index < -0.39 is 0 Å². The van der Waals surface area contributed by atoms with Gasteiger partial charge in [0, 0.05) is 35.9 Å². The maximum absolute atomic E-state index is 12.6. The van der Waals surface area contributed by atoms with Crippen molar-refractivity contribution in [1.82, 2.24) is 10.2 Å². The molecule has 1 aliphatic rings. The average Bonchev–Trinajstić information content (AvgIpc) is 2.75. The van der Waals surface area contributed by atoms with Gasteiger partial charge in [0.25, 0.3) is 5.91 Å². The van der Waals surface area contributed by atoms with Crippen molar-refractivity contribution in [3.8, 4) is 0 Å². The van der Waals surface area contributed by atoms with Gasteiger partial charge >= 0.3 is 0 Å². The number of carbonyl (C=O) groups is 1. The van der Waals surface area contributed by atoms with E-state index >= 15 is 0 Å². The van der Waals surface area contributed by atoms with E-state index in [4.69, 9.17) is 11.6 Å². The number of rotatable bonds is 1. The number of thiophene rings is 1. The number of carbonyl (C=O) groups excluding carboxylic acids is 1. The molecule has 1 aliphatic heterocycles. The predicted octanol–water partition coefficient (Wildman–Crippen LogP) is 2.91. The van der Waals surface area contributed by atoms with Crippen molar-refractivity contribution >= 4 is 38.9 Å². The van der Waals surface area contributed by atoms with Crippen LogP contribution in [0.4, 0.5) is 0 Å². The topological polar surface area (TPSA) is 32.3 Å². The lowest BCUT2D eigenvalue weighted by molar-refractivity contribution is 0.0740. The van der Waals surface area contributed by atoms with Gasteiger partial charge in [-0.2, -0.15) is 0 Å². The molecule has 1 N–H and O–H groups in total.